The number of nitro groups is 1. The fraction of sp³-hybridized carbons (Fsp3) is 0.188. The molecule has 0 heterocycles. The van der Waals surface area contributed by atoms with Crippen molar-refractivity contribution in [2.45, 2.75) is 12.5 Å². The molecule has 6 heteroatoms. The van der Waals surface area contributed by atoms with Crippen molar-refractivity contribution in [2.75, 3.05) is 6.61 Å². The highest BCUT2D eigenvalue weighted by atomic mass is 16.6. The van der Waals surface area contributed by atoms with Gasteiger partial charge in [0.1, 0.15) is 0 Å². The van der Waals surface area contributed by atoms with Gasteiger partial charge in [-0.25, -0.2) is 0 Å². The summed E-state index contributed by atoms with van der Waals surface area (Å²) in [4.78, 5) is 22.1. The van der Waals surface area contributed by atoms with Crippen LogP contribution in [0.2, 0.25) is 0 Å². The van der Waals surface area contributed by atoms with E-state index in [1.807, 2.05) is 30.3 Å². The molecule has 0 spiro atoms. The number of carbonyl (C=O) groups excluding carboxylic acids is 1. The molecule has 0 radical (unpaired) electrons. The predicted octanol–water partition coefficient (Wildman–Crippen LogP) is 1.99. The van der Waals surface area contributed by atoms with E-state index < -0.39 is 11.0 Å². The smallest absolute Gasteiger partial charge is 0.269 e. The van der Waals surface area contributed by atoms with Gasteiger partial charge in [-0.05, 0) is 11.1 Å². The summed E-state index contributed by atoms with van der Waals surface area (Å²) in [6.07, 6.45) is 0.0985. The van der Waals surface area contributed by atoms with Gasteiger partial charge in [-0.1, -0.05) is 42.5 Å². The molecule has 22 heavy (non-hydrogen) atoms. The molecule has 0 saturated heterocycles. The van der Waals surface area contributed by atoms with E-state index >= 15 is 0 Å². The Labute approximate surface area is 127 Å². The lowest BCUT2D eigenvalue weighted by molar-refractivity contribution is -0.384. The van der Waals surface area contributed by atoms with Crippen molar-refractivity contribution in [3.05, 3.63) is 75.8 Å². The minimum absolute atomic E-state index is 0.0123. The van der Waals surface area contributed by atoms with E-state index in [2.05, 4.69) is 5.32 Å². The van der Waals surface area contributed by atoms with Gasteiger partial charge in [-0.2, -0.15) is 0 Å². The Morgan fingerprint density at radius 2 is 1.77 bits per heavy atom. The fourth-order valence-electron chi connectivity index (χ4n) is 2.09. The first-order valence-corrected chi connectivity index (χ1v) is 6.78. The zero-order valence-electron chi connectivity index (χ0n) is 11.8. The maximum atomic E-state index is 12.0. The monoisotopic (exact) mass is 300 g/mol. The van der Waals surface area contributed by atoms with Crippen LogP contribution < -0.4 is 5.32 Å². The summed E-state index contributed by atoms with van der Waals surface area (Å²) in [5.74, 6) is -0.253. The van der Waals surface area contributed by atoms with E-state index in [0.717, 1.165) is 5.56 Å². The lowest BCUT2D eigenvalue weighted by atomic mass is 10.1. The molecule has 2 aromatic carbocycles. The highest BCUT2D eigenvalue weighted by molar-refractivity contribution is 5.79. The van der Waals surface area contributed by atoms with Crippen LogP contribution in [0.1, 0.15) is 17.2 Å². The summed E-state index contributed by atoms with van der Waals surface area (Å²) >= 11 is 0. The summed E-state index contributed by atoms with van der Waals surface area (Å²) < 4.78 is 0. The average molecular weight is 300 g/mol. The standard InChI is InChI=1S/C16H16N2O4/c19-11-15(13-4-2-1-3-5-13)17-16(20)10-12-6-8-14(9-7-12)18(21)22/h1-9,15,19H,10-11H2,(H,17,20). The molecule has 0 aromatic heterocycles. The minimum atomic E-state index is -0.485. The van der Waals surface area contributed by atoms with Gasteiger partial charge in [0.25, 0.3) is 5.69 Å². The third-order valence-electron chi connectivity index (χ3n) is 3.23. The number of nitrogens with one attached hydrogen (secondary N) is 1. The molecule has 114 valence electrons. The summed E-state index contributed by atoms with van der Waals surface area (Å²) in [5.41, 5.74) is 1.48. The Morgan fingerprint density at radius 1 is 1.14 bits per heavy atom. The summed E-state index contributed by atoms with van der Waals surface area (Å²) in [6.45, 7) is -0.198. The SMILES string of the molecule is O=C(Cc1ccc([N+](=O)[O-])cc1)NC(CO)c1ccccc1. The third kappa shape index (κ3) is 4.13. The molecule has 1 atom stereocenters. The third-order valence-corrected chi connectivity index (χ3v) is 3.23. The Kier molecular flexibility index (Phi) is 5.21. The van der Waals surface area contributed by atoms with Crippen LogP contribution in [0.15, 0.2) is 54.6 Å². The minimum Gasteiger partial charge on any atom is -0.394 e. The second kappa shape index (κ2) is 7.33. The van der Waals surface area contributed by atoms with Gasteiger partial charge in [-0.3, -0.25) is 14.9 Å². The van der Waals surface area contributed by atoms with Gasteiger partial charge in [0.05, 0.1) is 24.0 Å². The topological polar surface area (TPSA) is 92.5 Å². The number of nitrogens with zero attached hydrogens (tertiary/aromatic N) is 1. The Bertz CT molecular complexity index is 641. The molecule has 0 aliphatic carbocycles. The number of nitro benzene ring substituents is 1. The van der Waals surface area contributed by atoms with Crippen molar-refractivity contribution in [3.8, 4) is 0 Å². The number of non-ortho nitro benzene ring substituents is 1. The molecule has 0 saturated carbocycles. The van der Waals surface area contributed by atoms with E-state index in [-0.39, 0.29) is 24.6 Å². The van der Waals surface area contributed by atoms with E-state index in [0.29, 0.717) is 5.56 Å². The van der Waals surface area contributed by atoms with Gasteiger partial charge in [0, 0.05) is 12.1 Å². The molecule has 2 rings (SSSR count). The van der Waals surface area contributed by atoms with Crippen LogP contribution in [0.4, 0.5) is 5.69 Å². The maximum absolute atomic E-state index is 12.0. The van der Waals surface area contributed by atoms with Crippen LogP contribution in [-0.2, 0) is 11.2 Å². The fourth-order valence-corrected chi connectivity index (χ4v) is 2.09. The van der Waals surface area contributed by atoms with Crippen molar-refractivity contribution in [1.29, 1.82) is 0 Å². The number of amides is 1. The van der Waals surface area contributed by atoms with Crippen molar-refractivity contribution in [3.63, 3.8) is 0 Å². The quantitative estimate of drug-likeness (QED) is 0.630. The molecule has 2 aromatic rings. The molecule has 0 aliphatic rings. The Morgan fingerprint density at radius 3 is 2.32 bits per heavy atom. The van der Waals surface area contributed by atoms with Crippen LogP contribution in [-0.4, -0.2) is 22.5 Å². The largest absolute Gasteiger partial charge is 0.394 e. The van der Waals surface area contributed by atoms with E-state index in [1.165, 1.54) is 12.1 Å². The molecule has 2 N–H and O–H groups in total. The van der Waals surface area contributed by atoms with Crippen LogP contribution >= 0.6 is 0 Å². The Hall–Kier alpha value is -2.73. The zero-order chi connectivity index (χ0) is 15.9. The molecular formula is C16H16N2O4. The lowest BCUT2D eigenvalue weighted by Crippen LogP contribution is -2.31. The van der Waals surface area contributed by atoms with E-state index in [9.17, 15) is 20.0 Å². The highest BCUT2D eigenvalue weighted by Crippen LogP contribution is 2.14. The molecule has 1 unspecified atom stereocenters. The van der Waals surface area contributed by atoms with Crippen molar-refractivity contribution in [1.82, 2.24) is 5.32 Å². The molecule has 1 amide bonds. The molecule has 0 fully saturated rings. The summed E-state index contributed by atoms with van der Waals surface area (Å²) in [7, 11) is 0. The zero-order valence-corrected chi connectivity index (χ0v) is 11.8. The Balaban J connectivity index is 1.98. The first kappa shape index (κ1) is 15.7. The maximum Gasteiger partial charge on any atom is 0.269 e. The number of aliphatic hydroxyl groups excluding tert-OH is 1. The van der Waals surface area contributed by atoms with Gasteiger partial charge < -0.3 is 10.4 Å². The summed E-state index contributed by atoms with van der Waals surface area (Å²) in [5, 5.41) is 22.7. The summed E-state index contributed by atoms with van der Waals surface area (Å²) in [6, 6.07) is 14.5. The molecule has 6 nitrogen and oxygen atoms in total. The van der Waals surface area contributed by atoms with Gasteiger partial charge >= 0.3 is 0 Å². The van der Waals surface area contributed by atoms with E-state index in [1.54, 1.807) is 12.1 Å². The second-order valence-electron chi connectivity index (χ2n) is 4.81. The normalized spacial score (nSPS) is 11.7. The molecule has 0 bridgehead atoms. The van der Waals surface area contributed by atoms with Crippen molar-refractivity contribution in [2.24, 2.45) is 0 Å². The number of rotatable bonds is 6. The molecule has 0 aliphatic heterocycles. The number of hydrogen-bond acceptors (Lipinski definition) is 4. The molecular weight excluding hydrogens is 284 g/mol. The first-order chi connectivity index (χ1) is 10.6. The van der Waals surface area contributed by atoms with Gasteiger partial charge in [0.15, 0.2) is 0 Å². The van der Waals surface area contributed by atoms with Crippen molar-refractivity contribution < 1.29 is 14.8 Å². The second-order valence-corrected chi connectivity index (χ2v) is 4.81. The predicted molar refractivity (Wildman–Crippen MR) is 81.2 cm³/mol. The van der Waals surface area contributed by atoms with Crippen LogP contribution in [0, 0.1) is 10.1 Å². The van der Waals surface area contributed by atoms with E-state index in [4.69, 9.17) is 0 Å². The lowest BCUT2D eigenvalue weighted by Gasteiger charge is -2.16. The average Bonchev–Trinajstić information content (AvgIpc) is 2.54. The number of benzene rings is 2. The van der Waals surface area contributed by atoms with Crippen LogP contribution in [0.3, 0.4) is 0 Å². The number of aliphatic hydroxyl groups is 1. The van der Waals surface area contributed by atoms with Crippen LogP contribution in [0.25, 0.3) is 0 Å². The number of hydrogen-bond donors (Lipinski definition) is 2. The van der Waals surface area contributed by atoms with Crippen molar-refractivity contribution >= 4 is 11.6 Å². The number of carbonyl (C=O) groups is 1. The highest BCUT2D eigenvalue weighted by Gasteiger charge is 2.14. The van der Waals surface area contributed by atoms with Crippen LogP contribution in [0.5, 0.6) is 0 Å². The van der Waals surface area contributed by atoms with Gasteiger partial charge in [-0.15, -0.1) is 0 Å². The first-order valence-electron chi connectivity index (χ1n) is 6.78. The van der Waals surface area contributed by atoms with Gasteiger partial charge in [0.2, 0.25) is 5.91 Å².